The summed E-state index contributed by atoms with van der Waals surface area (Å²) in [4.78, 5) is 15.2. The quantitative estimate of drug-likeness (QED) is 0.681. The van der Waals surface area contributed by atoms with Gasteiger partial charge in [-0.25, -0.2) is 4.79 Å². The van der Waals surface area contributed by atoms with Crippen LogP contribution in [0.2, 0.25) is 0 Å². The van der Waals surface area contributed by atoms with Crippen molar-refractivity contribution in [2.24, 2.45) is 0 Å². The van der Waals surface area contributed by atoms with Crippen LogP contribution in [-0.2, 0) is 6.54 Å². The highest BCUT2D eigenvalue weighted by molar-refractivity contribution is 5.90. The van der Waals surface area contributed by atoms with Crippen LogP contribution >= 0.6 is 0 Å². The first-order valence-electron chi connectivity index (χ1n) is 9.71. The van der Waals surface area contributed by atoms with E-state index in [1.807, 2.05) is 29.2 Å². The fourth-order valence-corrected chi connectivity index (χ4v) is 3.97. The van der Waals surface area contributed by atoms with Gasteiger partial charge in [0.1, 0.15) is 0 Å². The summed E-state index contributed by atoms with van der Waals surface area (Å²) in [5, 5.41) is 3.03. The molecule has 1 aliphatic rings. The number of methoxy groups -OCH3 is 2. The molecule has 0 saturated carbocycles. The second-order valence-corrected chi connectivity index (χ2v) is 6.98. The van der Waals surface area contributed by atoms with Gasteiger partial charge in [0.25, 0.3) is 0 Å². The van der Waals surface area contributed by atoms with E-state index in [1.165, 1.54) is 0 Å². The van der Waals surface area contributed by atoms with Crippen LogP contribution in [0, 0.1) is 0 Å². The fraction of sp³-hybridized carbons (Fsp3) is 0.261. The zero-order valence-corrected chi connectivity index (χ0v) is 16.9. The van der Waals surface area contributed by atoms with Gasteiger partial charge in [-0.3, -0.25) is 0 Å². The molecule has 1 aromatic heterocycles. The number of hydrogen-bond donors (Lipinski definition) is 1. The third kappa shape index (κ3) is 3.42. The van der Waals surface area contributed by atoms with Crippen LogP contribution < -0.4 is 14.8 Å². The SMILES string of the molecule is CC[C@@H]1c2cccn2-c2ccccc2CN1C(=O)Nc1ccc(OC)c(OC)c1. The highest BCUT2D eigenvalue weighted by atomic mass is 16.5. The molecule has 4 rings (SSSR count). The number of rotatable bonds is 4. The Labute approximate surface area is 170 Å². The summed E-state index contributed by atoms with van der Waals surface area (Å²) in [6.07, 6.45) is 2.88. The minimum Gasteiger partial charge on any atom is -0.493 e. The summed E-state index contributed by atoms with van der Waals surface area (Å²) in [6, 6.07) is 17.5. The molecule has 3 aromatic rings. The molecule has 0 fully saturated rings. The van der Waals surface area contributed by atoms with E-state index in [-0.39, 0.29) is 12.1 Å². The lowest BCUT2D eigenvalue weighted by atomic mass is 10.1. The Hall–Kier alpha value is -3.41. The standard InChI is InChI=1S/C23H25N3O3/c1-4-18-20-10-7-13-25(20)19-9-6-5-8-16(19)15-26(18)23(27)24-17-11-12-21(28-2)22(14-17)29-3/h5-14,18H,4,15H2,1-3H3,(H,24,27)/t18-/m1/s1. The smallest absolute Gasteiger partial charge is 0.322 e. The van der Waals surface area contributed by atoms with Crippen molar-refractivity contribution in [3.8, 4) is 17.2 Å². The largest absolute Gasteiger partial charge is 0.493 e. The van der Waals surface area contributed by atoms with Crippen LogP contribution in [-0.4, -0.2) is 29.7 Å². The van der Waals surface area contributed by atoms with Gasteiger partial charge in [0.2, 0.25) is 0 Å². The van der Waals surface area contributed by atoms with Gasteiger partial charge in [-0.1, -0.05) is 25.1 Å². The van der Waals surface area contributed by atoms with Gasteiger partial charge in [0, 0.05) is 23.6 Å². The van der Waals surface area contributed by atoms with Gasteiger partial charge in [-0.15, -0.1) is 0 Å². The Morgan fingerprint density at radius 1 is 1.07 bits per heavy atom. The first-order valence-corrected chi connectivity index (χ1v) is 9.71. The van der Waals surface area contributed by atoms with Crippen molar-refractivity contribution >= 4 is 11.7 Å². The number of carbonyl (C=O) groups excluding carboxylic acids is 1. The number of nitrogens with one attached hydrogen (secondary N) is 1. The van der Waals surface area contributed by atoms with Crippen molar-refractivity contribution < 1.29 is 14.3 Å². The van der Waals surface area contributed by atoms with Gasteiger partial charge in [0.05, 0.1) is 32.5 Å². The molecule has 2 amide bonds. The normalized spacial score (nSPS) is 15.1. The molecule has 2 heterocycles. The van der Waals surface area contributed by atoms with Crippen molar-refractivity contribution in [1.29, 1.82) is 0 Å². The second kappa shape index (κ2) is 7.91. The minimum atomic E-state index is -0.145. The number of nitrogens with zero attached hydrogens (tertiary/aromatic N) is 2. The Morgan fingerprint density at radius 3 is 2.62 bits per heavy atom. The number of aromatic nitrogens is 1. The van der Waals surface area contributed by atoms with E-state index in [9.17, 15) is 4.79 Å². The van der Waals surface area contributed by atoms with Gasteiger partial charge in [0.15, 0.2) is 11.5 Å². The number of fused-ring (bicyclic) bond motifs is 3. The maximum absolute atomic E-state index is 13.3. The Bertz CT molecular complexity index is 1030. The Kier molecular flexibility index (Phi) is 5.16. The van der Waals surface area contributed by atoms with Gasteiger partial charge in [-0.05, 0) is 42.3 Å². The topological polar surface area (TPSA) is 55.7 Å². The van der Waals surface area contributed by atoms with Crippen molar-refractivity contribution in [1.82, 2.24) is 9.47 Å². The summed E-state index contributed by atoms with van der Waals surface area (Å²) in [5.74, 6) is 1.20. The number of ether oxygens (including phenoxy) is 2. The summed E-state index contributed by atoms with van der Waals surface area (Å²) in [5.41, 5.74) is 4.01. The monoisotopic (exact) mass is 391 g/mol. The molecule has 0 spiro atoms. The summed E-state index contributed by atoms with van der Waals surface area (Å²) >= 11 is 0. The zero-order chi connectivity index (χ0) is 20.4. The molecule has 1 atom stereocenters. The molecule has 0 aliphatic carbocycles. The van der Waals surface area contributed by atoms with Crippen LogP contribution in [0.25, 0.3) is 5.69 Å². The number of urea groups is 1. The van der Waals surface area contributed by atoms with Crippen LogP contribution in [0.1, 0.15) is 30.6 Å². The molecule has 0 unspecified atom stereocenters. The van der Waals surface area contributed by atoms with E-state index in [0.717, 1.165) is 23.4 Å². The lowest BCUT2D eigenvalue weighted by Crippen LogP contribution is -2.37. The molecule has 2 aromatic carbocycles. The highest BCUT2D eigenvalue weighted by Gasteiger charge is 2.30. The van der Waals surface area contributed by atoms with Crippen molar-refractivity contribution in [2.75, 3.05) is 19.5 Å². The van der Waals surface area contributed by atoms with Crippen LogP contribution in [0.15, 0.2) is 60.8 Å². The van der Waals surface area contributed by atoms with Crippen molar-refractivity contribution in [3.05, 3.63) is 72.1 Å². The Balaban J connectivity index is 1.68. The molecule has 6 heteroatoms. The first kappa shape index (κ1) is 18.9. The number of para-hydroxylation sites is 1. The first-order chi connectivity index (χ1) is 14.2. The van der Waals surface area contributed by atoms with Crippen molar-refractivity contribution in [2.45, 2.75) is 25.9 Å². The molecule has 6 nitrogen and oxygen atoms in total. The fourth-order valence-electron chi connectivity index (χ4n) is 3.97. The molecule has 1 N–H and O–H groups in total. The van der Waals surface area contributed by atoms with E-state index >= 15 is 0 Å². The Morgan fingerprint density at radius 2 is 1.86 bits per heavy atom. The maximum Gasteiger partial charge on any atom is 0.322 e. The summed E-state index contributed by atoms with van der Waals surface area (Å²) in [7, 11) is 3.17. The summed E-state index contributed by atoms with van der Waals surface area (Å²) in [6.45, 7) is 2.64. The third-order valence-corrected chi connectivity index (χ3v) is 5.37. The van der Waals surface area contributed by atoms with Gasteiger partial charge >= 0.3 is 6.03 Å². The molecule has 1 aliphatic heterocycles. The van der Waals surface area contributed by atoms with Crippen LogP contribution in [0.3, 0.4) is 0 Å². The molecular weight excluding hydrogens is 366 g/mol. The van der Waals surface area contributed by atoms with Crippen LogP contribution in [0.4, 0.5) is 10.5 Å². The zero-order valence-electron chi connectivity index (χ0n) is 16.9. The number of benzene rings is 2. The summed E-state index contributed by atoms with van der Waals surface area (Å²) < 4.78 is 12.8. The average Bonchev–Trinajstić information content (AvgIpc) is 3.18. The van der Waals surface area contributed by atoms with E-state index in [4.69, 9.17) is 9.47 Å². The molecule has 150 valence electrons. The predicted molar refractivity (Wildman–Crippen MR) is 113 cm³/mol. The third-order valence-electron chi connectivity index (χ3n) is 5.37. The molecule has 0 radical (unpaired) electrons. The van der Waals surface area contributed by atoms with Gasteiger partial charge < -0.3 is 24.3 Å². The van der Waals surface area contributed by atoms with E-state index in [1.54, 1.807) is 26.4 Å². The molecule has 0 saturated heterocycles. The number of hydrogen-bond acceptors (Lipinski definition) is 3. The van der Waals surface area contributed by atoms with Gasteiger partial charge in [-0.2, -0.15) is 0 Å². The highest BCUT2D eigenvalue weighted by Crippen LogP contribution is 2.35. The molecular formula is C23H25N3O3. The number of carbonyl (C=O) groups is 1. The number of anilines is 1. The average molecular weight is 391 g/mol. The molecule has 0 bridgehead atoms. The maximum atomic E-state index is 13.3. The molecule has 29 heavy (non-hydrogen) atoms. The lowest BCUT2D eigenvalue weighted by Gasteiger charge is -2.29. The predicted octanol–water partition coefficient (Wildman–Crippen LogP) is 4.99. The minimum absolute atomic E-state index is 0.0301. The lowest BCUT2D eigenvalue weighted by molar-refractivity contribution is 0.181. The number of amides is 2. The van der Waals surface area contributed by atoms with E-state index in [0.29, 0.717) is 23.7 Å². The van der Waals surface area contributed by atoms with E-state index < -0.39 is 0 Å². The van der Waals surface area contributed by atoms with Crippen LogP contribution in [0.5, 0.6) is 11.5 Å². The second-order valence-electron chi connectivity index (χ2n) is 6.98. The van der Waals surface area contributed by atoms with Crippen molar-refractivity contribution in [3.63, 3.8) is 0 Å². The van der Waals surface area contributed by atoms with E-state index in [2.05, 4.69) is 41.2 Å².